The molecule has 1 aromatic heterocycles. The highest BCUT2D eigenvalue weighted by atomic mass is 16.5. The van der Waals surface area contributed by atoms with Gasteiger partial charge < -0.3 is 19.7 Å². The third-order valence-electron chi connectivity index (χ3n) is 2.94. The van der Waals surface area contributed by atoms with Crippen molar-refractivity contribution < 1.29 is 19.4 Å². The average Bonchev–Trinajstić information content (AvgIpc) is 2.95. The molecule has 1 unspecified atom stereocenters. The summed E-state index contributed by atoms with van der Waals surface area (Å²) in [5.41, 5.74) is 0.372. The molecule has 1 amide bonds. The number of ether oxygens (including phenoxy) is 1. The van der Waals surface area contributed by atoms with Gasteiger partial charge in [-0.3, -0.25) is 9.59 Å². The van der Waals surface area contributed by atoms with Gasteiger partial charge in [0.15, 0.2) is 0 Å². The van der Waals surface area contributed by atoms with E-state index in [1.54, 1.807) is 18.3 Å². The average molecular weight is 252 g/mol. The fraction of sp³-hybridized carbons (Fsp3) is 0.500. The molecule has 2 heterocycles. The molecule has 18 heavy (non-hydrogen) atoms. The van der Waals surface area contributed by atoms with Crippen LogP contribution in [0.3, 0.4) is 0 Å². The first-order valence-corrected chi connectivity index (χ1v) is 5.89. The molecule has 1 fully saturated rings. The van der Waals surface area contributed by atoms with E-state index in [4.69, 9.17) is 9.84 Å². The number of aromatic nitrogens is 1. The summed E-state index contributed by atoms with van der Waals surface area (Å²) in [6.07, 6.45) is 2.54. The smallest absolute Gasteiger partial charge is 0.323 e. The predicted octanol–water partition coefficient (Wildman–Crippen LogP) is 0.339. The van der Waals surface area contributed by atoms with E-state index < -0.39 is 5.97 Å². The first kappa shape index (κ1) is 12.6. The predicted molar refractivity (Wildman–Crippen MR) is 63.3 cm³/mol. The zero-order valence-corrected chi connectivity index (χ0v) is 9.96. The molecule has 6 nitrogen and oxygen atoms in total. The van der Waals surface area contributed by atoms with Crippen molar-refractivity contribution in [1.82, 2.24) is 9.88 Å². The minimum absolute atomic E-state index is 0.206. The van der Waals surface area contributed by atoms with Crippen LogP contribution >= 0.6 is 0 Å². The van der Waals surface area contributed by atoms with Crippen molar-refractivity contribution in [2.24, 2.45) is 5.92 Å². The summed E-state index contributed by atoms with van der Waals surface area (Å²) in [4.78, 5) is 22.5. The van der Waals surface area contributed by atoms with Crippen molar-refractivity contribution in [3.8, 4) is 0 Å². The standard InChI is InChI=1S/C12H16N2O4/c15-11(16)7-14-4-1-2-10(14)12(17)13-6-9-3-5-18-8-9/h1-2,4,9H,3,5-8H2,(H,13,17)(H,15,16). The molecular weight excluding hydrogens is 236 g/mol. The molecule has 1 aromatic rings. The molecule has 1 atom stereocenters. The normalized spacial score (nSPS) is 18.8. The Hall–Kier alpha value is -1.82. The summed E-state index contributed by atoms with van der Waals surface area (Å²) in [7, 11) is 0. The van der Waals surface area contributed by atoms with Crippen LogP contribution in [0.15, 0.2) is 18.3 Å². The first-order valence-electron chi connectivity index (χ1n) is 5.89. The topological polar surface area (TPSA) is 80.6 Å². The molecule has 2 N–H and O–H groups in total. The van der Waals surface area contributed by atoms with Crippen LogP contribution in [0.25, 0.3) is 0 Å². The maximum atomic E-state index is 11.9. The number of hydrogen-bond acceptors (Lipinski definition) is 3. The largest absolute Gasteiger partial charge is 0.480 e. The number of carboxylic acid groups (broad SMARTS) is 1. The van der Waals surface area contributed by atoms with Gasteiger partial charge in [0.2, 0.25) is 0 Å². The summed E-state index contributed by atoms with van der Waals surface area (Å²) >= 11 is 0. The van der Waals surface area contributed by atoms with Crippen molar-refractivity contribution in [3.63, 3.8) is 0 Å². The number of amides is 1. The number of carbonyl (C=O) groups is 2. The molecule has 0 aromatic carbocycles. The lowest BCUT2D eigenvalue weighted by Crippen LogP contribution is -2.31. The van der Waals surface area contributed by atoms with Crippen molar-refractivity contribution in [1.29, 1.82) is 0 Å². The van der Waals surface area contributed by atoms with Crippen LogP contribution in [0.5, 0.6) is 0 Å². The maximum absolute atomic E-state index is 11.9. The summed E-state index contributed by atoms with van der Waals surface area (Å²) in [5.74, 6) is -0.852. The van der Waals surface area contributed by atoms with Crippen LogP contribution in [-0.4, -0.2) is 41.3 Å². The molecule has 0 radical (unpaired) electrons. The Kier molecular flexibility index (Phi) is 3.99. The van der Waals surface area contributed by atoms with Crippen LogP contribution < -0.4 is 5.32 Å². The van der Waals surface area contributed by atoms with Gasteiger partial charge in [-0.05, 0) is 18.6 Å². The molecular formula is C12H16N2O4. The number of nitrogens with one attached hydrogen (secondary N) is 1. The monoisotopic (exact) mass is 252 g/mol. The molecule has 2 rings (SSSR count). The quantitative estimate of drug-likeness (QED) is 0.791. The minimum atomic E-state index is -0.968. The van der Waals surface area contributed by atoms with E-state index in [1.165, 1.54) is 4.57 Å². The lowest BCUT2D eigenvalue weighted by molar-refractivity contribution is -0.137. The molecule has 0 aliphatic carbocycles. The maximum Gasteiger partial charge on any atom is 0.323 e. The lowest BCUT2D eigenvalue weighted by Gasteiger charge is -2.10. The third kappa shape index (κ3) is 3.10. The van der Waals surface area contributed by atoms with E-state index in [1.807, 2.05) is 0 Å². The Morgan fingerprint density at radius 2 is 2.39 bits per heavy atom. The van der Waals surface area contributed by atoms with Crippen molar-refractivity contribution in [2.45, 2.75) is 13.0 Å². The van der Waals surface area contributed by atoms with Gasteiger partial charge in [0.1, 0.15) is 12.2 Å². The molecule has 0 saturated carbocycles. The van der Waals surface area contributed by atoms with Gasteiger partial charge >= 0.3 is 5.97 Å². The second-order valence-electron chi connectivity index (χ2n) is 4.35. The highest BCUT2D eigenvalue weighted by Gasteiger charge is 2.18. The molecule has 98 valence electrons. The lowest BCUT2D eigenvalue weighted by atomic mass is 10.1. The van der Waals surface area contributed by atoms with Gasteiger partial charge in [-0.1, -0.05) is 0 Å². The van der Waals surface area contributed by atoms with Crippen LogP contribution in [-0.2, 0) is 16.1 Å². The highest BCUT2D eigenvalue weighted by molar-refractivity contribution is 5.93. The Bertz CT molecular complexity index is 435. The van der Waals surface area contributed by atoms with E-state index in [0.29, 0.717) is 24.8 Å². The summed E-state index contributed by atoms with van der Waals surface area (Å²) in [6, 6.07) is 3.28. The molecule has 1 aliphatic heterocycles. The van der Waals surface area contributed by atoms with Crippen LogP contribution in [0, 0.1) is 5.92 Å². The van der Waals surface area contributed by atoms with Gasteiger partial charge in [-0.25, -0.2) is 0 Å². The molecule has 1 saturated heterocycles. The summed E-state index contributed by atoms with van der Waals surface area (Å²) < 4.78 is 6.64. The van der Waals surface area contributed by atoms with Gasteiger partial charge in [0, 0.05) is 25.3 Å². The first-order chi connectivity index (χ1) is 8.66. The molecule has 0 bridgehead atoms. The zero-order chi connectivity index (χ0) is 13.0. The van der Waals surface area contributed by atoms with Gasteiger partial charge in [0.05, 0.1) is 6.61 Å². The van der Waals surface area contributed by atoms with E-state index in [0.717, 1.165) is 13.0 Å². The highest BCUT2D eigenvalue weighted by Crippen LogP contribution is 2.11. The van der Waals surface area contributed by atoms with Crippen molar-refractivity contribution in [2.75, 3.05) is 19.8 Å². The van der Waals surface area contributed by atoms with Gasteiger partial charge in [-0.15, -0.1) is 0 Å². The van der Waals surface area contributed by atoms with Crippen molar-refractivity contribution in [3.05, 3.63) is 24.0 Å². The third-order valence-corrected chi connectivity index (χ3v) is 2.94. The van der Waals surface area contributed by atoms with Crippen molar-refractivity contribution >= 4 is 11.9 Å². The number of carboxylic acids is 1. The fourth-order valence-electron chi connectivity index (χ4n) is 1.98. The second-order valence-corrected chi connectivity index (χ2v) is 4.35. The Morgan fingerprint density at radius 1 is 1.56 bits per heavy atom. The zero-order valence-electron chi connectivity index (χ0n) is 9.96. The van der Waals surface area contributed by atoms with Gasteiger partial charge in [0.25, 0.3) is 5.91 Å². The summed E-state index contributed by atoms with van der Waals surface area (Å²) in [5, 5.41) is 11.5. The molecule has 1 aliphatic rings. The van der Waals surface area contributed by atoms with E-state index >= 15 is 0 Å². The van der Waals surface area contributed by atoms with E-state index in [2.05, 4.69) is 5.32 Å². The number of aliphatic carboxylic acids is 1. The van der Waals surface area contributed by atoms with E-state index in [9.17, 15) is 9.59 Å². The number of carbonyl (C=O) groups excluding carboxylic acids is 1. The Labute approximate surface area is 105 Å². The minimum Gasteiger partial charge on any atom is -0.480 e. The van der Waals surface area contributed by atoms with Gasteiger partial charge in [-0.2, -0.15) is 0 Å². The number of rotatable bonds is 5. The second kappa shape index (κ2) is 5.68. The van der Waals surface area contributed by atoms with E-state index in [-0.39, 0.29) is 12.5 Å². The van der Waals surface area contributed by atoms with Crippen LogP contribution in [0.1, 0.15) is 16.9 Å². The number of nitrogens with zero attached hydrogens (tertiary/aromatic N) is 1. The summed E-state index contributed by atoms with van der Waals surface area (Å²) in [6.45, 7) is 1.78. The molecule has 6 heteroatoms. The van der Waals surface area contributed by atoms with Crippen LogP contribution in [0.4, 0.5) is 0 Å². The Balaban J connectivity index is 1.91. The number of hydrogen-bond donors (Lipinski definition) is 2. The molecule has 0 spiro atoms. The van der Waals surface area contributed by atoms with Crippen LogP contribution in [0.2, 0.25) is 0 Å². The Morgan fingerprint density at radius 3 is 3.06 bits per heavy atom. The fourth-order valence-corrected chi connectivity index (χ4v) is 1.98. The SMILES string of the molecule is O=C(O)Cn1cccc1C(=O)NCC1CCOC1.